The summed E-state index contributed by atoms with van der Waals surface area (Å²) < 4.78 is 6.60. The van der Waals surface area contributed by atoms with Crippen molar-refractivity contribution in [1.29, 1.82) is 0 Å². The monoisotopic (exact) mass is 539 g/mol. The van der Waals surface area contributed by atoms with E-state index in [2.05, 4.69) is 19.9 Å². The first kappa shape index (κ1) is 27.1. The molecule has 1 aliphatic carbocycles. The molecule has 8 atom stereocenters. The molecule has 3 aliphatic heterocycles. The van der Waals surface area contributed by atoms with Crippen molar-refractivity contribution in [2.75, 3.05) is 0 Å². The average molecular weight is 540 g/mol. The van der Waals surface area contributed by atoms with Crippen LogP contribution >= 0.6 is 0 Å². The second kappa shape index (κ2) is 10.4. The number of ether oxygens (including phenoxy) is 1. The standard InChI is InChI=1S/C35H41NO4/c1-21-15-22(2)17-26(16-21)18-28(37)31-30-13-14-35(40-30)32(31)34(39)36(20-25-10-6-5-7-11-25)33(35)29(38)19-27-12-8-9-23(3)24(27)4/h5-7,10-11,13-17,23-24,27,30-33H,8-9,12,18-20H2,1-4H3. The summed E-state index contributed by atoms with van der Waals surface area (Å²) in [7, 11) is 0. The Hall–Kier alpha value is -3.05. The SMILES string of the molecule is Cc1cc(C)cc(CC(=O)C2C3C=CC4(O3)C2C(=O)N(Cc2ccccc2)C4C(=O)CC2CCCC(C)C2C)c1. The van der Waals surface area contributed by atoms with E-state index in [1.54, 1.807) is 4.90 Å². The largest absolute Gasteiger partial charge is 0.359 e. The van der Waals surface area contributed by atoms with Gasteiger partial charge in [0.05, 0.1) is 17.9 Å². The van der Waals surface area contributed by atoms with Crippen LogP contribution in [0.25, 0.3) is 0 Å². The third-order valence-corrected chi connectivity index (χ3v) is 10.2. The summed E-state index contributed by atoms with van der Waals surface area (Å²) in [6, 6.07) is 15.3. The van der Waals surface area contributed by atoms with Crippen molar-refractivity contribution in [3.8, 4) is 0 Å². The number of rotatable bonds is 8. The van der Waals surface area contributed by atoms with Gasteiger partial charge in [0.15, 0.2) is 5.78 Å². The van der Waals surface area contributed by atoms with Crippen LogP contribution in [0, 0.1) is 43.4 Å². The number of amides is 1. The highest BCUT2D eigenvalue weighted by Gasteiger charge is 2.72. The molecule has 3 fully saturated rings. The lowest BCUT2D eigenvalue weighted by Crippen LogP contribution is -2.51. The third kappa shape index (κ3) is 4.56. The minimum atomic E-state index is -1.07. The minimum Gasteiger partial charge on any atom is -0.359 e. The molecule has 0 radical (unpaired) electrons. The van der Waals surface area contributed by atoms with Crippen LogP contribution in [0.4, 0.5) is 0 Å². The van der Waals surface area contributed by atoms with Gasteiger partial charge < -0.3 is 9.64 Å². The van der Waals surface area contributed by atoms with Gasteiger partial charge in [0, 0.05) is 19.4 Å². The zero-order valence-electron chi connectivity index (χ0n) is 24.1. The van der Waals surface area contributed by atoms with Crippen LogP contribution in [0.5, 0.6) is 0 Å². The van der Waals surface area contributed by atoms with Gasteiger partial charge in [-0.3, -0.25) is 14.4 Å². The Morgan fingerprint density at radius 2 is 1.70 bits per heavy atom. The summed E-state index contributed by atoms with van der Waals surface area (Å²) >= 11 is 0. The number of hydrogen-bond donors (Lipinski definition) is 0. The minimum absolute atomic E-state index is 0.0158. The number of fused-ring (bicyclic) bond motifs is 1. The number of hydrogen-bond acceptors (Lipinski definition) is 4. The Morgan fingerprint density at radius 1 is 0.975 bits per heavy atom. The molecule has 1 saturated carbocycles. The first-order chi connectivity index (χ1) is 19.2. The normalized spacial score (nSPS) is 34.4. The van der Waals surface area contributed by atoms with Crippen molar-refractivity contribution < 1.29 is 19.1 Å². The van der Waals surface area contributed by atoms with E-state index in [-0.39, 0.29) is 23.9 Å². The molecule has 0 N–H and O–H groups in total. The first-order valence-electron chi connectivity index (χ1n) is 15.0. The van der Waals surface area contributed by atoms with Gasteiger partial charge in [0.2, 0.25) is 5.91 Å². The Kier molecular flexibility index (Phi) is 7.06. The van der Waals surface area contributed by atoms with Crippen LogP contribution in [0.2, 0.25) is 0 Å². The highest BCUT2D eigenvalue weighted by Crippen LogP contribution is 2.56. The number of Topliss-reactive ketones (excluding diaryl/α,β-unsaturated/α-hetero) is 2. The van der Waals surface area contributed by atoms with Gasteiger partial charge in [-0.05, 0) is 49.1 Å². The lowest BCUT2D eigenvalue weighted by atomic mass is 9.69. The lowest BCUT2D eigenvalue weighted by Gasteiger charge is -2.37. The van der Waals surface area contributed by atoms with Crippen molar-refractivity contribution in [3.63, 3.8) is 0 Å². The predicted molar refractivity (Wildman–Crippen MR) is 154 cm³/mol. The molecule has 3 heterocycles. The van der Waals surface area contributed by atoms with Crippen LogP contribution < -0.4 is 0 Å². The molecule has 1 spiro atoms. The zero-order valence-corrected chi connectivity index (χ0v) is 24.1. The van der Waals surface area contributed by atoms with Crippen LogP contribution in [0.15, 0.2) is 60.7 Å². The second-order valence-electron chi connectivity index (χ2n) is 13.0. The van der Waals surface area contributed by atoms with E-state index < -0.39 is 29.6 Å². The van der Waals surface area contributed by atoms with Gasteiger partial charge in [-0.15, -0.1) is 0 Å². The van der Waals surface area contributed by atoms with Crippen molar-refractivity contribution in [1.82, 2.24) is 4.90 Å². The maximum absolute atomic E-state index is 14.3. The lowest BCUT2D eigenvalue weighted by molar-refractivity contribution is -0.141. The number of carbonyl (C=O) groups is 3. The van der Waals surface area contributed by atoms with Crippen molar-refractivity contribution in [2.24, 2.45) is 29.6 Å². The quantitative estimate of drug-likeness (QED) is 0.398. The van der Waals surface area contributed by atoms with E-state index >= 15 is 0 Å². The molecule has 2 aromatic carbocycles. The maximum Gasteiger partial charge on any atom is 0.230 e. The molecule has 2 saturated heterocycles. The van der Waals surface area contributed by atoms with Crippen molar-refractivity contribution >= 4 is 17.5 Å². The zero-order chi connectivity index (χ0) is 28.2. The Balaban J connectivity index is 1.33. The van der Waals surface area contributed by atoms with Crippen LogP contribution in [-0.2, 0) is 32.1 Å². The molecule has 210 valence electrons. The molecule has 6 rings (SSSR count). The number of aryl methyl sites for hydroxylation is 2. The second-order valence-corrected chi connectivity index (χ2v) is 13.0. The summed E-state index contributed by atoms with van der Waals surface area (Å²) in [6.45, 7) is 8.96. The summed E-state index contributed by atoms with van der Waals surface area (Å²) in [4.78, 5) is 44.2. The van der Waals surface area contributed by atoms with Crippen LogP contribution in [-0.4, -0.2) is 40.1 Å². The Bertz CT molecular complexity index is 1330. The van der Waals surface area contributed by atoms with Crippen molar-refractivity contribution in [2.45, 2.75) is 84.1 Å². The predicted octanol–water partition coefficient (Wildman–Crippen LogP) is 5.80. The van der Waals surface area contributed by atoms with Crippen LogP contribution in [0.3, 0.4) is 0 Å². The van der Waals surface area contributed by atoms with E-state index in [0.29, 0.717) is 30.7 Å². The smallest absolute Gasteiger partial charge is 0.230 e. The molecular formula is C35H41NO4. The van der Waals surface area contributed by atoms with Gasteiger partial charge in [-0.2, -0.15) is 0 Å². The number of carbonyl (C=O) groups excluding carboxylic acids is 3. The van der Waals surface area contributed by atoms with Crippen molar-refractivity contribution in [3.05, 3.63) is 82.9 Å². The Labute approximate surface area is 238 Å². The molecule has 5 nitrogen and oxygen atoms in total. The highest BCUT2D eigenvalue weighted by atomic mass is 16.5. The fourth-order valence-corrected chi connectivity index (χ4v) is 8.21. The number of nitrogens with zero attached hydrogens (tertiary/aromatic N) is 1. The van der Waals surface area contributed by atoms with Gasteiger partial charge in [-0.1, -0.05) is 98.5 Å². The van der Waals surface area contributed by atoms with Crippen LogP contribution in [0.1, 0.15) is 61.8 Å². The third-order valence-electron chi connectivity index (χ3n) is 10.2. The van der Waals surface area contributed by atoms with E-state index in [0.717, 1.165) is 35.1 Å². The number of benzene rings is 2. The van der Waals surface area contributed by atoms with E-state index in [1.807, 2.05) is 68.5 Å². The summed E-state index contributed by atoms with van der Waals surface area (Å²) in [5.74, 6) is 0.0858. The fraction of sp³-hybridized carbons (Fsp3) is 0.514. The molecule has 4 aliphatic rings. The molecule has 8 unspecified atom stereocenters. The molecule has 0 aromatic heterocycles. The van der Waals surface area contributed by atoms with E-state index in [9.17, 15) is 14.4 Å². The summed E-state index contributed by atoms with van der Waals surface area (Å²) in [6.07, 6.45) is 7.52. The molecular weight excluding hydrogens is 498 g/mol. The number of ketones is 2. The topological polar surface area (TPSA) is 63.7 Å². The average Bonchev–Trinajstić information content (AvgIpc) is 3.54. The van der Waals surface area contributed by atoms with Gasteiger partial charge in [0.25, 0.3) is 0 Å². The van der Waals surface area contributed by atoms with Gasteiger partial charge in [-0.25, -0.2) is 0 Å². The fourth-order valence-electron chi connectivity index (χ4n) is 8.21. The molecule has 1 amide bonds. The molecule has 2 aromatic rings. The summed E-state index contributed by atoms with van der Waals surface area (Å²) in [5, 5.41) is 0. The maximum atomic E-state index is 14.3. The first-order valence-corrected chi connectivity index (χ1v) is 15.0. The highest BCUT2D eigenvalue weighted by molar-refractivity contribution is 6.01. The molecule has 5 heteroatoms. The molecule has 40 heavy (non-hydrogen) atoms. The summed E-state index contributed by atoms with van der Waals surface area (Å²) in [5.41, 5.74) is 3.10. The van der Waals surface area contributed by atoms with E-state index in [1.165, 1.54) is 6.42 Å². The van der Waals surface area contributed by atoms with Gasteiger partial charge >= 0.3 is 0 Å². The molecule has 2 bridgehead atoms. The van der Waals surface area contributed by atoms with E-state index in [4.69, 9.17) is 4.74 Å². The Morgan fingerprint density at radius 3 is 2.42 bits per heavy atom. The number of likely N-dealkylation sites (tertiary alicyclic amines) is 1. The van der Waals surface area contributed by atoms with Gasteiger partial charge in [0.1, 0.15) is 17.4 Å².